The lowest BCUT2D eigenvalue weighted by atomic mass is 10.2. The average Bonchev–Trinajstić information content (AvgIpc) is 2.14. The second-order valence-corrected chi connectivity index (χ2v) is 2.66. The molecule has 64 valence electrons. The van der Waals surface area contributed by atoms with E-state index in [2.05, 4.69) is 4.99 Å². The minimum atomic E-state index is 0.621. The van der Waals surface area contributed by atoms with Crippen molar-refractivity contribution < 1.29 is 0 Å². The van der Waals surface area contributed by atoms with Gasteiger partial charge in [0.15, 0.2) is 0 Å². The zero-order valence-corrected chi connectivity index (χ0v) is 6.92. The van der Waals surface area contributed by atoms with E-state index in [-0.39, 0.29) is 0 Å². The molecule has 1 aromatic carbocycles. The first-order valence-corrected chi connectivity index (χ1v) is 3.96. The van der Waals surface area contributed by atoms with Gasteiger partial charge in [-0.1, -0.05) is 23.2 Å². The summed E-state index contributed by atoms with van der Waals surface area (Å²) in [6, 6.07) is 7.39. The molecule has 0 amide bonds. The second-order valence-electron chi connectivity index (χ2n) is 2.66. The highest BCUT2D eigenvalue weighted by atomic mass is 16.5. The van der Waals surface area contributed by atoms with E-state index >= 15 is 0 Å². The van der Waals surface area contributed by atoms with E-state index in [1.807, 2.05) is 30.4 Å². The van der Waals surface area contributed by atoms with Gasteiger partial charge in [0.2, 0.25) is 0 Å². The fourth-order valence-corrected chi connectivity index (χ4v) is 1.19. The predicted molar refractivity (Wildman–Crippen MR) is 52.4 cm³/mol. The van der Waals surface area contributed by atoms with Crippen LogP contribution in [0.4, 0.5) is 0 Å². The van der Waals surface area contributed by atoms with Crippen molar-refractivity contribution in [2.24, 2.45) is 4.99 Å². The number of fused-ring (bicyclic) bond motifs is 1. The molecule has 0 bridgehead atoms. The second kappa shape index (κ2) is 3.23. The van der Waals surface area contributed by atoms with E-state index in [0.29, 0.717) is 5.36 Å². The van der Waals surface area contributed by atoms with Crippen LogP contribution in [0.3, 0.4) is 0 Å². The van der Waals surface area contributed by atoms with Crippen molar-refractivity contribution in [3.63, 3.8) is 0 Å². The first-order chi connectivity index (χ1) is 6.38. The van der Waals surface area contributed by atoms with Crippen LogP contribution in [-0.2, 0) is 0 Å². The maximum Gasteiger partial charge on any atom is 0.289 e. The highest BCUT2D eigenvalue weighted by molar-refractivity contribution is 5.59. The quantitative estimate of drug-likeness (QED) is 0.401. The Morgan fingerprint density at radius 3 is 3.00 bits per heavy atom. The lowest BCUT2D eigenvalue weighted by Gasteiger charge is -2.00. The summed E-state index contributed by atoms with van der Waals surface area (Å²) in [5, 5.41) is 12.9. The zero-order valence-electron chi connectivity index (χ0n) is 6.92. The molecule has 0 fully saturated rings. The molecule has 2 rings (SSSR count). The van der Waals surface area contributed by atoms with Crippen molar-refractivity contribution in [3.8, 4) is 0 Å². The summed E-state index contributed by atoms with van der Waals surface area (Å²) in [6.07, 6.45) is 6.50. The van der Waals surface area contributed by atoms with E-state index in [0.717, 1.165) is 9.96 Å². The summed E-state index contributed by atoms with van der Waals surface area (Å²) in [5.41, 5.74) is 0. The van der Waals surface area contributed by atoms with Gasteiger partial charge in [-0.2, -0.15) is 0 Å². The predicted octanol–water partition coefficient (Wildman–Crippen LogP) is 0.0116. The van der Waals surface area contributed by atoms with Gasteiger partial charge in [0, 0.05) is 5.22 Å². The fourth-order valence-electron chi connectivity index (χ4n) is 1.19. The van der Waals surface area contributed by atoms with Gasteiger partial charge in [-0.05, 0) is 18.2 Å². The summed E-state index contributed by atoms with van der Waals surface area (Å²) in [7, 11) is 0. The van der Waals surface area contributed by atoms with Crippen molar-refractivity contribution in [2.45, 2.75) is 0 Å². The molecule has 1 aliphatic heterocycles. The van der Waals surface area contributed by atoms with E-state index < -0.39 is 0 Å². The van der Waals surface area contributed by atoms with E-state index in [1.54, 1.807) is 12.3 Å². The Labute approximate surface area is 75.3 Å². The maximum absolute atomic E-state index is 11.4. The van der Waals surface area contributed by atoms with Crippen molar-refractivity contribution in [1.82, 2.24) is 4.74 Å². The van der Waals surface area contributed by atoms with Crippen LogP contribution in [0.5, 0.6) is 0 Å². The standard InChI is InChI=1S/C10H8N2O/c13-12-8-11-7-3-5-9-4-1-2-6-10(9)12/h1-8H. The van der Waals surface area contributed by atoms with Crippen LogP contribution in [0.15, 0.2) is 41.5 Å². The molecule has 3 nitrogen and oxygen atoms in total. The van der Waals surface area contributed by atoms with Gasteiger partial charge in [-0.25, -0.2) is 4.74 Å². The minimum Gasteiger partial charge on any atom is -0.710 e. The van der Waals surface area contributed by atoms with Crippen molar-refractivity contribution in [2.75, 3.05) is 0 Å². The molecular weight excluding hydrogens is 164 g/mol. The minimum absolute atomic E-state index is 0.621. The van der Waals surface area contributed by atoms with Crippen LogP contribution >= 0.6 is 0 Å². The zero-order chi connectivity index (χ0) is 9.10. The number of aliphatic imine (C=N–C) groups is 1. The SMILES string of the molecule is [O-][N+]1=c2ccccc2=CC=CN=C1. The van der Waals surface area contributed by atoms with Gasteiger partial charge in [0.25, 0.3) is 6.34 Å². The third-order valence-electron chi connectivity index (χ3n) is 1.79. The third kappa shape index (κ3) is 1.49. The topological polar surface area (TPSA) is 38.4 Å². The average molecular weight is 172 g/mol. The molecule has 0 saturated carbocycles. The Kier molecular flexibility index (Phi) is 1.92. The molecule has 1 aromatic rings. The smallest absolute Gasteiger partial charge is 0.289 e. The molecule has 0 unspecified atom stereocenters. The molecule has 0 aliphatic carbocycles. The van der Waals surface area contributed by atoms with E-state index in [1.165, 1.54) is 6.34 Å². The molecule has 1 aliphatic rings. The molecule has 0 saturated heterocycles. The number of hydroxylamine groups is 1. The summed E-state index contributed by atoms with van der Waals surface area (Å²) < 4.78 is 0.759. The Balaban J connectivity index is 2.89. The van der Waals surface area contributed by atoms with E-state index in [9.17, 15) is 5.21 Å². The summed E-state index contributed by atoms with van der Waals surface area (Å²) >= 11 is 0. The normalized spacial score (nSPS) is 14.3. The molecular formula is C10H8N2O. The van der Waals surface area contributed by atoms with Crippen LogP contribution in [0, 0.1) is 5.21 Å². The van der Waals surface area contributed by atoms with Crippen LogP contribution in [0.2, 0.25) is 0 Å². The van der Waals surface area contributed by atoms with Gasteiger partial charge in [0.1, 0.15) is 11.6 Å². The molecule has 0 N–H and O–H groups in total. The number of rotatable bonds is 0. The Bertz CT molecular complexity index is 486. The third-order valence-corrected chi connectivity index (χ3v) is 1.79. The number of allylic oxidation sites excluding steroid dienone is 1. The highest BCUT2D eigenvalue weighted by Gasteiger charge is 1.91. The fraction of sp³-hybridized carbons (Fsp3) is 0. The van der Waals surface area contributed by atoms with Crippen LogP contribution in [-0.4, -0.2) is 6.34 Å². The van der Waals surface area contributed by atoms with Crippen LogP contribution in [0.25, 0.3) is 6.08 Å². The van der Waals surface area contributed by atoms with Gasteiger partial charge in [-0.3, -0.25) is 0 Å². The van der Waals surface area contributed by atoms with Gasteiger partial charge in [-0.15, -0.1) is 0 Å². The highest BCUT2D eigenvalue weighted by Crippen LogP contribution is 1.79. The molecule has 1 heterocycles. The number of hydrogen-bond acceptors (Lipinski definition) is 2. The van der Waals surface area contributed by atoms with Gasteiger partial charge < -0.3 is 5.21 Å². The van der Waals surface area contributed by atoms with Crippen molar-refractivity contribution in [1.29, 1.82) is 0 Å². The van der Waals surface area contributed by atoms with E-state index in [4.69, 9.17) is 0 Å². The van der Waals surface area contributed by atoms with Crippen molar-refractivity contribution >= 4 is 12.4 Å². The van der Waals surface area contributed by atoms with Crippen LogP contribution in [0.1, 0.15) is 0 Å². The summed E-state index contributed by atoms with van der Waals surface area (Å²) in [5.74, 6) is 0. The van der Waals surface area contributed by atoms with Crippen molar-refractivity contribution in [3.05, 3.63) is 52.3 Å². The first kappa shape index (κ1) is 7.73. The lowest BCUT2D eigenvalue weighted by molar-refractivity contribution is 1.03. The Morgan fingerprint density at radius 1 is 1.23 bits per heavy atom. The lowest BCUT2D eigenvalue weighted by Crippen LogP contribution is -2.36. The Hall–Kier alpha value is -1.90. The monoisotopic (exact) mass is 172 g/mol. The number of nitrogens with zero attached hydrogens (tertiary/aromatic N) is 2. The number of hydrogen-bond donors (Lipinski definition) is 0. The van der Waals surface area contributed by atoms with Crippen LogP contribution < -0.4 is 15.3 Å². The molecule has 0 spiro atoms. The molecule has 0 aromatic heterocycles. The number of benzene rings is 1. The Morgan fingerprint density at radius 2 is 2.08 bits per heavy atom. The maximum atomic E-state index is 11.4. The summed E-state index contributed by atoms with van der Waals surface area (Å²) in [6.45, 7) is 0. The first-order valence-electron chi connectivity index (χ1n) is 3.96. The molecule has 13 heavy (non-hydrogen) atoms. The summed E-state index contributed by atoms with van der Waals surface area (Å²) in [4.78, 5) is 3.79. The molecule has 3 heteroatoms. The molecule has 0 radical (unpaired) electrons. The number of para-hydroxylation sites is 1. The van der Waals surface area contributed by atoms with Gasteiger partial charge in [0.05, 0.1) is 0 Å². The molecule has 0 atom stereocenters. The largest absolute Gasteiger partial charge is 0.710 e. The van der Waals surface area contributed by atoms with Gasteiger partial charge >= 0.3 is 0 Å².